The number of nitrogens with zero attached hydrogens (tertiary/aromatic N) is 1. The van der Waals surface area contributed by atoms with E-state index in [9.17, 15) is 4.79 Å². The molecule has 0 amide bonds. The summed E-state index contributed by atoms with van der Waals surface area (Å²) in [6.07, 6.45) is 2.06. The SMILES string of the molecule is Cc1ccc(-c2c3c4cc(C)c(C)cc4[nH]c(=O)c3n3ccc4cc(C)c(C)cc4c23)cc1C. The van der Waals surface area contributed by atoms with Crippen molar-refractivity contribution in [1.82, 2.24) is 9.38 Å². The van der Waals surface area contributed by atoms with Gasteiger partial charge in [-0.2, -0.15) is 0 Å². The van der Waals surface area contributed by atoms with Gasteiger partial charge in [0.25, 0.3) is 5.56 Å². The molecule has 3 aromatic heterocycles. The molecule has 6 aromatic rings. The van der Waals surface area contributed by atoms with E-state index in [1.54, 1.807) is 0 Å². The van der Waals surface area contributed by atoms with Gasteiger partial charge in [-0.05, 0) is 110 Å². The van der Waals surface area contributed by atoms with Crippen LogP contribution >= 0.6 is 0 Å². The van der Waals surface area contributed by atoms with Crippen LogP contribution in [0.1, 0.15) is 33.4 Å². The second-order valence-electron chi connectivity index (χ2n) is 9.89. The van der Waals surface area contributed by atoms with E-state index >= 15 is 0 Å². The van der Waals surface area contributed by atoms with Crippen LogP contribution in [0.25, 0.3) is 49.2 Å². The van der Waals surface area contributed by atoms with E-state index in [4.69, 9.17) is 0 Å². The van der Waals surface area contributed by atoms with Crippen molar-refractivity contribution in [3.05, 3.63) is 98.5 Å². The first-order valence-corrected chi connectivity index (χ1v) is 11.8. The number of pyridine rings is 2. The number of hydrogen-bond acceptors (Lipinski definition) is 1. The van der Waals surface area contributed by atoms with Gasteiger partial charge in [-0.15, -0.1) is 0 Å². The van der Waals surface area contributed by atoms with Crippen molar-refractivity contribution in [3.63, 3.8) is 0 Å². The molecular formula is C31H28N2O. The summed E-state index contributed by atoms with van der Waals surface area (Å²) in [5.74, 6) is 0. The predicted molar refractivity (Wildman–Crippen MR) is 144 cm³/mol. The second kappa shape index (κ2) is 7.07. The molecule has 0 atom stereocenters. The molecule has 3 heteroatoms. The summed E-state index contributed by atoms with van der Waals surface area (Å²) >= 11 is 0. The first-order chi connectivity index (χ1) is 16.2. The van der Waals surface area contributed by atoms with Gasteiger partial charge in [-0.25, -0.2) is 0 Å². The van der Waals surface area contributed by atoms with Crippen LogP contribution in [0.3, 0.4) is 0 Å². The van der Waals surface area contributed by atoms with E-state index < -0.39 is 0 Å². The highest BCUT2D eigenvalue weighted by atomic mass is 16.1. The lowest BCUT2D eigenvalue weighted by Gasteiger charge is -2.11. The smallest absolute Gasteiger partial charge is 0.273 e. The van der Waals surface area contributed by atoms with E-state index in [0.717, 1.165) is 32.9 Å². The third-order valence-electron chi connectivity index (χ3n) is 7.69. The minimum atomic E-state index is -0.0565. The van der Waals surface area contributed by atoms with Gasteiger partial charge in [0.15, 0.2) is 0 Å². The average Bonchev–Trinajstić information content (AvgIpc) is 3.14. The molecule has 34 heavy (non-hydrogen) atoms. The Hall–Kier alpha value is -3.85. The highest BCUT2D eigenvalue weighted by Crippen LogP contribution is 2.42. The number of aromatic amines is 1. The number of hydrogen-bond donors (Lipinski definition) is 1. The van der Waals surface area contributed by atoms with Crippen LogP contribution in [0.2, 0.25) is 0 Å². The van der Waals surface area contributed by atoms with E-state index in [1.807, 2.05) is 0 Å². The Balaban J connectivity index is 1.97. The standard InChI is InChI=1S/C31H28N2O/c1-16-7-8-23(12-17(16)2)27-28-25-14-20(5)21(6)15-26(25)32-31(34)30(28)33-10-9-22-11-18(3)19(4)13-24(22)29(27)33/h7-15H,1-6H3,(H,32,34). The van der Waals surface area contributed by atoms with Crippen LogP contribution in [0, 0.1) is 41.5 Å². The molecule has 6 rings (SSSR count). The summed E-state index contributed by atoms with van der Waals surface area (Å²) in [5.41, 5.74) is 12.3. The second-order valence-corrected chi connectivity index (χ2v) is 9.89. The zero-order valence-corrected chi connectivity index (χ0v) is 20.6. The molecule has 0 bridgehead atoms. The average molecular weight is 445 g/mol. The Morgan fingerprint density at radius 1 is 0.647 bits per heavy atom. The molecule has 0 fully saturated rings. The number of aromatic nitrogens is 2. The van der Waals surface area contributed by atoms with Gasteiger partial charge in [-0.3, -0.25) is 4.79 Å². The molecule has 168 valence electrons. The van der Waals surface area contributed by atoms with Crippen molar-refractivity contribution in [1.29, 1.82) is 0 Å². The van der Waals surface area contributed by atoms with Gasteiger partial charge in [0.1, 0.15) is 5.52 Å². The highest BCUT2D eigenvalue weighted by Gasteiger charge is 2.22. The summed E-state index contributed by atoms with van der Waals surface area (Å²) in [7, 11) is 0. The maximum Gasteiger partial charge on any atom is 0.273 e. The van der Waals surface area contributed by atoms with Gasteiger partial charge < -0.3 is 9.38 Å². The van der Waals surface area contributed by atoms with Crippen molar-refractivity contribution in [3.8, 4) is 11.1 Å². The zero-order valence-electron chi connectivity index (χ0n) is 20.6. The number of H-pyrrole nitrogens is 1. The number of benzene rings is 3. The predicted octanol–water partition coefficient (Wildman–Crippen LogP) is 7.60. The van der Waals surface area contributed by atoms with Crippen LogP contribution in [0.4, 0.5) is 0 Å². The molecular weight excluding hydrogens is 416 g/mol. The molecule has 0 aliphatic carbocycles. The molecule has 0 saturated heterocycles. The molecule has 1 N–H and O–H groups in total. The third-order valence-corrected chi connectivity index (χ3v) is 7.69. The van der Waals surface area contributed by atoms with Crippen LogP contribution in [0.5, 0.6) is 0 Å². The van der Waals surface area contributed by atoms with Gasteiger partial charge in [-0.1, -0.05) is 24.3 Å². The Morgan fingerprint density at radius 3 is 2.03 bits per heavy atom. The van der Waals surface area contributed by atoms with E-state index in [2.05, 4.69) is 106 Å². The molecule has 3 nitrogen and oxygen atoms in total. The third kappa shape index (κ3) is 2.80. The van der Waals surface area contributed by atoms with E-state index in [0.29, 0.717) is 5.52 Å². The first-order valence-electron chi connectivity index (χ1n) is 11.8. The van der Waals surface area contributed by atoms with Crippen molar-refractivity contribution in [2.75, 3.05) is 0 Å². The van der Waals surface area contributed by atoms with Crippen LogP contribution < -0.4 is 5.56 Å². The fourth-order valence-corrected chi connectivity index (χ4v) is 5.31. The van der Waals surface area contributed by atoms with Crippen molar-refractivity contribution in [2.45, 2.75) is 41.5 Å². The molecule has 3 heterocycles. The minimum absolute atomic E-state index is 0.0565. The summed E-state index contributed by atoms with van der Waals surface area (Å²) in [6, 6.07) is 17.6. The quantitative estimate of drug-likeness (QED) is 0.278. The van der Waals surface area contributed by atoms with Crippen LogP contribution in [-0.4, -0.2) is 9.38 Å². The zero-order chi connectivity index (χ0) is 23.9. The lowest BCUT2D eigenvalue weighted by molar-refractivity contribution is 1.22. The molecule has 0 spiro atoms. The lowest BCUT2D eigenvalue weighted by Crippen LogP contribution is -2.08. The molecule has 0 aliphatic rings. The number of fused-ring (bicyclic) bond motifs is 7. The fraction of sp³-hybridized carbons (Fsp3) is 0.194. The summed E-state index contributed by atoms with van der Waals surface area (Å²) < 4.78 is 2.10. The normalized spacial score (nSPS) is 11.9. The Labute approximate surface area is 198 Å². The summed E-state index contributed by atoms with van der Waals surface area (Å²) in [5, 5.41) is 4.48. The maximum absolute atomic E-state index is 13.5. The van der Waals surface area contributed by atoms with Crippen molar-refractivity contribution in [2.24, 2.45) is 0 Å². The number of rotatable bonds is 1. The van der Waals surface area contributed by atoms with Crippen molar-refractivity contribution < 1.29 is 0 Å². The van der Waals surface area contributed by atoms with Crippen LogP contribution in [-0.2, 0) is 0 Å². The Bertz CT molecular complexity index is 1880. The molecule has 0 unspecified atom stereocenters. The van der Waals surface area contributed by atoms with Gasteiger partial charge in [0.2, 0.25) is 0 Å². The summed E-state index contributed by atoms with van der Waals surface area (Å²) in [6.45, 7) is 12.8. The van der Waals surface area contributed by atoms with E-state index in [-0.39, 0.29) is 5.56 Å². The first kappa shape index (κ1) is 20.7. The summed E-state index contributed by atoms with van der Waals surface area (Å²) in [4.78, 5) is 16.7. The molecule has 3 aromatic carbocycles. The molecule has 0 aliphatic heterocycles. The lowest BCUT2D eigenvalue weighted by atomic mass is 9.94. The Kier molecular flexibility index (Phi) is 4.31. The fourth-order valence-electron chi connectivity index (χ4n) is 5.31. The minimum Gasteiger partial charge on any atom is -0.320 e. The van der Waals surface area contributed by atoms with Gasteiger partial charge in [0.05, 0.1) is 5.52 Å². The topological polar surface area (TPSA) is 37.3 Å². The van der Waals surface area contributed by atoms with Crippen molar-refractivity contribution >= 4 is 38.1 Å². The monoisotopic (exact) mass is 444 g/mol. The van der Waals surface area contributed by atoms with Gasteiger partial charge in [0, 0.05) is 33.4 Å². The van der Waals surface area contributed by atoms with E-state index in [1.165, 1.54) is 44.2 Å². The molecule has 0 radical (unpaired) electrons. The maximum atomic E-state index is 13.5. The molecule has 0 saturated carbocycles. The van der Waals surface area contributed by atoms with Gasteiger partial charge >= 0.3 is 0 Å². The van der Waals surface area contributed by atoms with Crippen LogP contribution in [0.15, 0.2) is 59.5 Å². The Morgan fingerprint density at radius 2 is 1.29 bits per heavy atom. The number of aryl methyl sites for hydroxylation is 6. The number of nitrogens with one attached hydrogen (secondary N) is 1. The highest BCUT2D eigenvalue weighted by molar-refractivity contribution is 6.21. The largest absolute Gasteiger partial charge is 0.320 e.